The average Bonchev–Trinajstić information content (AvgIpc) is 3.34. The lowest BCUT2D eigenvalue weighted by Crippen LogP contribution is -2.37. The van der Waals surface area contributed by atoms with E-state index in [1.807, 2.05) is 18.2 Å². The Hall–Kier alpha value is -3.00. The van der Waals surface area contributed by atoms with Crippen LogP contribution in [-0.4, -0.2) is 50.3 Å². The molecule has 0 saturated heterocycles. The van der Waals surface area contributed by atoms with Gasteiger partial charge >= 0.3 is 0 Å². The third-order valence-electron chi connectivity index (χ3n) is 4.48. The highest BCUT2D eigenvalue weighted by Gasteiger charge is 2.20. The highest BCUT2D eigenvalue weighted by molar-refractivity contribution is 5.95. The van der Waals surface area contributed by atoms with E-state index in [-0.39, 0.29) is 25.0 Å². The third kappa shape index (κ3) is 4.83. The number of rotatable bonds is 9. The van der Waals surface area contributed by atoms with Gasteiger partial charge < -0.3 is 28.8 Å². The molecular weight excluding hydrogens is 364 g/mol. The number of furan rings is 1. The highest BCUT2D eigenvalue weighted by Crippen LogP contribution is 2.32. The Bertz CT molecular complexity index is 832. The summed E-state index contributed by atoms with van der Waals surface area (Å²) < 4.78 is 20.9. The first-order valence-corrected chi connectivity index (χ1v) is 9.06. The van der Waals surface area contributed by atoms with Crippen LogP contribution in [0.15, 0.2) is 34.9 Å². The number of ether oxygens (including phenoxy) is 3. The van der Waals surface area contributed by atoms with Gasteiger partial charge in [0.25, 0.3) is 5.91 Å². The molecule has 28 heavy (non-hydrogen) atoms. The summed E-state index contributed by atoms with van der Waals surface area (Å²) in [5.41, 5.74) is 1.41. The van der Waals surface area contributed by atoms with Gasteiger partial charge in [0.05, 0.1) is 18.4 Å². The van der Waals surface area contributed by atoms with Gasteiger partial charge in [0.15, 0.2) is 11.5 Å². The molecule has 2 heterocycles. The molecule has 0 aliphatic carbocycles. The van der Waals surface area contributed by atoms with Crippen molar-refractivity contribution in [3.05, 3.63) is 47.4 Å². The molecule has 8 nitrogen and oxygen atoms in total. The zero-order valence-electron chi connectivity index (χ0n) is 16.0. The van der Waals surface area contributed by atoms with Crippen LogP contribution in [0.1, 0.15) is 28.1 Å². The van der Waals surface area contributed by atoms with E-state index in [0.717, 1.165) is 5.56 Å². The fraction of sp³-hybridized carbons (Fsp3) is 0.400. The summed E-state index contributed by atoms with van der Waals surface area (Å²) in [4.78, 5) is 26.5. The molecule has 0 unspecified atom stereocenters. The molecule has 2 amide bonds. The van der Waals surface area contributed by atoms with Gasteiger partial charge in [-0.25, -0.2) is 0 Å². The topological polar surface area (TPSA) is 90.2 Å². The van der Waals surface area contributed by atoms with Crippen LogP contribution in [0.2, 0.25) is 0 Å². The van der Waals surface area contributed by atoms with Gasteiger partial charge in [-0.05, 0) is 30.7 Å². The molecule has 0 radical (unpaired) electrons. The van der Waals surface area contributed by atoms with Crippen LogP contribution < -0.4 is 14.8 Å². The van der Waals surface area contributed by atoms with Crippen molar-refractivity contribution >= 4 is 11.8 Å². The first-order chi connectivity index (χ1) is 13.6. The summed E-state index contributed by atoms with van der Waals surface area (Å²) in [5.74, 6) is 1.62. The summed E-state index contributed by atoms with van der Waals surface area (Å²) >= 11 is 0. The lowest BCUT2D eigenvalue weighted by atomic mass is 10.2. The molecule has 2 aromatic rings. The van der Waals surface area contributed by atoms with Gasteiger partial charge in [-0.3, -0.25) is 9.59 Å². The molecule has 0 spiro atoms. The van der Waals surface area contributed by atoms with Crippen LogP contribution in [0, 0.1) is 6.92 Å². The van der Waals surface area contributed by atoms with Gasteiger partial charge in [0.1, 0.15) is 5.76 Å². The fourth-order valence-corrected chi connectivity index (χ4v) is 2.87. The summed E-state index contributed by atoms with van der Waals surface area (Å²) in [7, 11) is 1.57. The molecule has 1 aromatic carbocycles. The monoisotopic (exact) mass is 388 g/mol. The van der Waals surface area contributed by atoms with Crippen molar-refractivity contribution in [2.45, 2.75) is 19.9 Å². The predicted octanol–water partition coefficient (Wildman–Crippen LogP) is 2.11. The maximum atomic E-state index is 12.7. The Morgan fingerprint density at radius 2 is 2.00 bits per heavy atom. The van der Waals surface area contributed by atoms with E-state index < -0.39 is 0 Å². The van der Waals surface area contributed by atoms with Crippen LogP contribution >= 0.6 is 0 Å². The lowest BCUT2D eigenvalue weighted by molar-refractivity contribution is -0.121. The second-order valence-corrected chi connectivity index (χ2v) is 6.39. The zero-order valence-corrected chi connectivity index (χ0v) is 16.0. The minimum Gasteiger partial charge on any atom is -0.469 e. The van der Waals surface area contributed by atoms with Crippen LogP contribution in [0.5, 0.6) is 11.5 Å². The number of fused-ring (bicyclic) bond motifs is 1. The molecule has 1 N–H and O–H groups in total. The summed E-state index contributed by atoms with van der Waals surface area (Å²) in [6, 6.07) is 7.18. The normalized spacial score (nSPS) is 12.1. The van der Waals surface area contributed by atoms with Crippen molar-refractivity contribution in [1.82, 2.24) is 10.2 Å². The van der Waals surface area contributed by atoms with Crippen molar-refractivity contribution in [2.75, 3.05) is 33.6 Å². The van der Waals surface area contributed by atoms with Gasteiger partial charge in [-0.1, -0.05) is 6.07 Å². The molecule has 3 rings (SSSR count). The Morgan fingerprint density at radius 3 is 2.75 bits per heavy atom. The van der Waals surface area contributed by atoms with Crippen LogP contribution in [0.25, 0.3) is 0 Å². The third-order valence-corrected chi connectivity index (χ3v) is 4.48. The minimum absolute atomic E-state index is 0.142. The van der Waals surface area contributed by atoms with Crippen LogP contribution in [0.3, 0.4) is 0 Å². The maximum absolute atomic E-state index is 12.7. The molecule has 1 aromatic heterocycles. The Kier molecular flexibility index (Phi) is 6.54. The SMILES string of the molecule is COCCN(CCC(=O)NCc1ccc2c(c1)OCO2)C(=O)c1ccoc1C. The first-order valence-electron chi connectivity index (χ1n) is 9.06. The van der Waals surface area contributed by atoms with E-state index in [1.165, 1.54) is 6.26 Å². The van der Waals surface area contributed by atoms with Crippen LogP contribution in [0.4, 0.5) is 0 Å². The number of amides is 2. The number of nitrogens with zero attached hydrogens (tertiary/aromatic N) is 1. The Balaban J connectivity index is 1.51. The zero-order chi connectivity index (χ0) is 19.9. The molecule has 0 saturated carbocycles. The predicted molar refractivity (Wildman–Crippen MR) is 100 cm³/mol. The Labute approximate surface area is 163 Å². The molecule has 1 aliphatic rings. The number of aryl methyl sites for hydroxylation is 1. The van der Waals surface area contributed by atoms with E-state index >= 15 is 0 Å². The van der Waals surface area contributed by atoms with Crippen molar-refractivity contribution in [3.63, 3.8) is 0 Å². The maximum Gasteiger partial charge on any atom is 0.257 e. The molecule has 0 atom stereocenters. The minimum atomic E-state index is -0.174. The number of hydrogen-bond acceptors (Lipinski definition) is 6. The molecule has 8 heteroatoms. The number of carbonyl (C=O) groups excluding carboxylic acids is 2. The van der Waals surface area contributed by atoms with Crippen molar-refractivity contribution in [1.29, 1.82) is 0 Å². The summed E-state index contributed by atoms with van der Waals surface area (Å²) in [5, 5.41) is 2.86. The number of carbonyl (C=O) groups is 2. The van der Waals surface area contributed by atoms with Gasteiger partial charge in [-0.15, -0.1) is 0 Å². The molecule has 150 valence electrons. The molecule has 0 fully saturated rings. The van der Waals surface area contributed by atoms with Gasteiger partial charge in [-0.2, -0.15) is 0 Å². The Morgan fingerprint density at radius 1 is 1.18 bits per heavy atom. The molecule has 0 bridgehead atoms. The number of nitrogens with one attached hydrogen (secondary N) is 1. The van der Waals surface area contributed by atoms with E-state index in [1.54, 1.807) is 25.0 Å². The van der Waals surface area contributed by atoms with E-state index in [0.29, 0.717) is 49.1 Å². The first kappa shape index (κ1) is 19.8. The number of hydrogen-bond donors (Lipinski definition) is 1. The van der Waals surface area contributed by atoms with Gasteiger partial charge in [0, 0.05) is 33.2 Å². The fourth-order valence-electron chi connectivity index (χ4n) is 2.87. The highest BCUT2D eigenvalue weighted by atomic mass is 16.7. The molecule has 1 aliphatic heterocycles. The quantitative estimate of drug-likeness (QED) is 0.708. The average molecular weight is 388 g/mol. The van der Waals surface area contributed by atoms with Gasteiger partial charge in [0.2, 0.25) is 12.7 Å². The van der Waals surface area contributed by atoms with Crippen molar-refractivity contribution in [2.24, 2.45) is 0 Å². The second kappa shape index (κ2) is 9.27. The lowest BCUT2D eigenvalue weighted by Gasteiger charge is -2.22. The smallest absolute Gasteiger partial charge is 0.257 e. The van der Waals surface area contributed by atoms with E-state index in [4.69, 9.17) is 18.6 Å². The van der Waals surface area contributed by atoms with E-state index in [9.17, 15) is 9.59 Å². The van der Waals surface area contributed by atoms with Crippen LogP contribution in [-0.2, 0) is 16.1 Å². The van der Waals surface area contributed by atoms with E-state index in [2.05, 4.69) is 5.32 Å². The second-order valence-electron chi connectivity index (χ2n) is 6.39. The molecular formula is C20H24N2O6. The number of benzene rings is 1. The van der Waals surface area contributed by atoms with Crippen molar-refractivity contribution in [3.8, 4) is 11.5 Å². The number of methoxy groups -OCH3 is 1. The summed E-state index contributed by atoms with van der Waals surface area (Å²) in [6.07, 6.45) is 1.67. The largest absolute Gasteiger partial charge is 0.469 e. The van der Waals surface area contributed by atoms with Crippen molar-refractivity contribution < 1.29 is 28.2 Å². The summed E-state index contributed by atoms with van der Waals surface area (Å²) in [6.45, 7) is 3.41. The standard InChI is InChI=1S/C20H24N2O6/c1-14-16(6-9-26-14)20(24)22(8-10-25-2)7-5-19(23)21-12-15-3-4-17-18(11-15)28-13-27-17/h3-4,6,9,11H,5,7-8,10,12-13H2,1-2H3,(H,21,23).